The number of hydrogen-bond acceptors (Lipinski definition) is 7. The Kier molecular flexibility index (Phi) is 5.09. The minimum Gasteiger partial charge on any atom is -0.376 e. The highest BCUT2D eigenvalue weighted by molar-refractivity contribution is 6.43. The number of H-pyrrole nitrogens is 2. The van der Waals surface area contributed by atoms with Crippen LogP contribution in [-0.2, 0) is 4.74 Å². The third-order valence-electron chi connectivity index (χ3n) is 6.52. The Morgan fingerprint density at radius 3 is 2.81 bits per heavy atom. The molecule has 2 aliphatic heterocycles. The van der Waals surface area contributed by atoms with Crippen molar-refractivity contribution in [1.82, 2.24) is 20.2 Å². The highest BCUT2D eigenvalue weighted by atomic mass is 35.5. The summed E-state index contributed by atoms with van der Waals surface area (Å²) in [6.45, 7) is 4.09. The van der Waals surface area contributed by atoms with Crippen LogP contribution in [0.1, 0.15) is 19.8 Å². The van der Waals surface area contributed by atoms with Crippen LogP contribution in [-0.4, -0.2) is 52.0 Å². The van der Waals surface area contributed by atoms with E-state index in [2.05, 4.69) is 25.5 Å². The summed E-state index contributed by atoms with van der Waals surface area (Å²) in [5.74, 6) is 0.787. The molecule has 2 aromatic heterocycles. The van der Waals surface area contributed by atoms with Crippen LogP contribution in [0.5, 0.6) is 0 Å². The first kappa shape index (κ1) is 20.6. The summed E-state index contributed by atoms with van der Waals surface area (Å²) in [6.07, 6.45) is 1.79. The Labute approximate surface area is 188 Å². The number of rotatable bonds is 3. The maximum atomic E-state index is 12.9. The zero-order valence-corrected chi connectivity index (χ0v) is 18.4. The van der Waals surface area contributed by atoms with E-state index < -0.39 is 0 Å². The van der Waals surface area contributed by atoms with Crippen molar-refractivity contribution in [3.63, 3.8) is 0 Å². The third kappa shape index (κ3) is 3.45. The predicted octanol–water partition coefficient (Wildman–Crippen LogP) is 3.03. The second kappa shape index (κ2) is 7.67. The number of aromatic nitrogens is 4. The largest absolute Gasteiger partial charge is 0.376 e. The van der Waals surface area contributed by atoms with Crippen LogP contribution < -0.4 is 21.5 Å². The van der Waals surface area contributed by atoms with Gasteiger partial charge in [0.05, 0.1) is 28.4 Å². The van der Waals surface area contributed by atoms with Crippen molar-refractivity contribution in [2.75, 3.05) is 29.9 Å². The number of aromatic amines is 2. The Balaban J connectivity index is 1.39. The van der Waals surface area contributed by atoms with Crippen molar-refractivity contribution < 1.29 is 4.74 Å². The highest BCUT2D eigenvalue weighted by Gasteiger charge is 2.47. The normalized spacial score (nSPS) is 23.0. The van der Waals surface area contributed by atoms with Crippen LogP contribution in [0.4, 0.5) is 17.3 Å². The van der Waals surface area contributed by atoms with E-state index in [-0.39, 0.29) is 23.1 Å². The summed E-state index contributed by atoms with van der Waals surface area (Å²) in [5, 5.41) is 11.0. The first-order valence-electron chi connectivity index (χ1n) is 10.2. The summed E-state index contributed by atoms with van der Waals surface area (Å²) in [5.41, 5.74) is 7.63. The number of piperidine rings is 1. The lowest BCUT2D eigenvalue weighted by Crippen LogP contribution is -2.51. The molecular weight excluding hydrogens is 441 g/mol. The van der Waals surface area contributed by atoms with E-state index in [0.717, 1.165) is 12.8 Å². The molecule has 1 spiro atoms. The first-order chi connectivity index (χ1) is 14.9. The SMILES string of the molecule is C[C@@H]1OCC2(CCN(c3nc4[nH]nc(Nc5cccc(Cl)c5Cl)c4[nH]c3=O)CC2)[C@@H]1N. The smallest absolute Gasteiger partial charge is 0.291 e. The van der Waals surface area contributed by atoms with E-state index in [9.17, 15) is 4.79 Å². The molecule has 31 heavy (non-hydrogen) atoms. The minimum atomic E-state index is -0.273. The van der Waals surface area contributed by atoms with Crippen LogP contribution in [0.15, 0.2) is 23.0 Å². The summed E-state index contributed by atoms with van der Waals surface area (Å²) in [4.78, 5) is 22.3. The number of fused-ring (bicyclic) bond motifs is 1. The van der Waals surface area contributed by atoms with Gasteiger partial charge in [0.25, 0.3) is 5.56 Å². The van der Waals surface area contributed by atoms with Gasteiger partial charge in [0.2, 0.25) is 0 Å². The molecule has 2 fully saturated rings. The van der Waals surface area contributed by atoms with Crippen molar-refractivity contribution in [2.45, 2.75) is 31.9 Å². The number of nitrogens with two attached hydrogens (primary N) is 1. The maximum absolute atomic E-state index is 12.9. The van der Waals surface area contributed by atoms with Crippen molar-refractivity contribution in [2.24, 2.45) is 11.1 Å². The van der Waals surface area contributed by atoms with E-state index in [1.165, 1.54) is 0 Å². The molecule has 5 N–H and O–H groups in total. The fraction of sp³-hybridized carbons (Fsp3) is 0.450. The van der Waals surface area contributed by atoms with Crippen LogP contribution in [0.25, 0.3) is 11.2 Å². The summed E-state index contributed by atoms with van der Waals surface area (Å²) < 4.78 is 5.78. The fourth-order valence-electron chi connectivity index (χ4n) is 4.53. The van der Waals surface area contributed by atoms with Gasteiger partial charge >= 0.3 is 0 Å². The van der Waals surface area contributed by atoms with Gasteiger partial charge < -0.3 is 25.7 Å². The summed E-state index contributed by atoms with van der Waals surface area (Å²) in [7, 11) is 0. The number of halogens is 2. The molecule has 0 unspecified atom stereocenters. The lowest BCUT2D eigenvalue weighted by Gasteiger charge is -2.41. The lowest BCUT2D eigenvalue weighted by molar-refractivity contribution is 0.0974. The number of benzene rings is 1. The van der Waals surface area contributed by atoms with Crippen molar-refractivity contribution >= 4 is 51.7 Å². The minimum absolute atomic E-state index is 0.0166. The monoisotopic (exact) mass is 463 g/mol. The topological polar surface area (TPSA) is 125 Å². The van der Waals surface area contributed by atoms with E-state index in [1.807, 2.05) is 11.8 Å². The number of nitrogens with one attached hydrogen (secondary N) is 3. The molecule has 3 aromatic rings. The number of hydrogen-bond donors (Lipinski definition) is 4. The molecule has 11 heteroatoms. The van der Waals surface area contributed by atoms with Gasteiger partial charge in [-0.2, -0.15) is 5.10 Å². The molecule has 1 aromatic carbocycles. The summed E-state index contributed by atoms with van der Waals surface area (Å²) >= 11 is 12.3. The fourth-order valence-corrected chi connectivity index (χ4v) is 4.88. The molecule has 0 aliphatic carbocycles. The molecule has 2 atom stereocenters. The third-order valence-corrected chi connectivity index (χ3v) is 7.34. The molecule has 4 heterocycles. The number of anilines is 3. The molecule has 5 rings (SSSR count). The predicted molar refractivity (Wildman–Crippen MR) is 122 cm³/mol. The first-order valence-corrected chi connectivity index (χ1v) is 11.0. The Morgan fingerprint density at radius 1 is 1.32 bits per heavy atom. The zero-order chi connectivity index (χ0) is 21.8. The van der Waals surface area contributed by atoms with Crippen molar-refractivity contribution in [3.05, 3.63) is 38.6 Å². The van der Waals surface area contributed by atoms with Crippen LogP contribution in [0, 0.1) is 5.41 Å². The summed E-state index contributed by atoms with van der Waals surface area (Å²) in [6, 6.07) is 5.26. The van der Waals surface area contributed by atoms with E-state index in [4.69, 9.17) is 33.7 Å². The second-order valence-electron chi connectivity index (χ2n) is 8.30. The molecule has 0 radical (unpaired) electrons. The van der Waals surface area contributed by atoms with Crippen LogP contribution in [0.3, 0.4) is 0 Å². The zero-order valence-electron chi connectivity index (χ0n) is 16.9. The molecule has 2 aliphatic rings. The van der Waals surface area contributed by atoms with Crippen molar-refractivity contribution in [1.29, 1.82) is 0 Å². The van der Waals surface area contributed by atoms with Gasteiger partial charge in [0, 0.05) is 24.5 Å². The molecule has 0 saturated carbocycles. The van der Waals surface area contributed by atoms with Gasteiger partial charge in [0.1, 0.15) is 5.52 Å². The Morgan fingerprint density at radius 2 is 2.10 bits per heavy atom. The van der Waals surface area contributed by atoms with Gasteiger partial charge in [0.15, 0.2) is 17.3 Å². The quantitative estimate of drug-likeness (QED) is 0.470. The molecular formula is C20H23Cl2N7O2. The lowest BCUT2D eigenvalue weighted by atomic mass is 9.73. The standard InChI is InChI=1S/C20H23Cl2N7O2/c1-10-15(23)20(9-31-10)5-7-29(8-6-20)18-19(30)25-14-16(27-28-17(14)26-18)24-12-4-2-3-11(21)13(12)22/h2-4,10,15H,5-9,23H2,1H3,(H,25,30)(H2,24,26,27,28)/t10-,15+/m0/s1. The number of ether oxygens (including phenoxy) is 1. The van der Waals surface area contributed by atoms with Crippen LogP contribution >= 0.6 is 23.2 Å². The second-order valence-corrected chi connectivity index (χ2v) is 9.09. The van der Waals surface area contributed by atoms with Gasteiger partial charge in [-0.3, -0.25) is 9.89 Å². The highest BCUT2D eigenvalue weighted by Crippen LogP contribution is 2.41. The van der Waals surface area contributed by atoms with Crippen molar-refractivity contribution in [3.8, 4) is 0 Å². The van der Waals surface area contributed by atoms with E-state index in [1.54, 1.807) is 18.2 Å². The average molecular weight is 464 g/mol. The van der Waals surface area contributed by atoms with Crippen LogP contribution in [0.2, 0.25) is 10.0 Å². The number of nitrogens with zero attached hydrogens (tertiary/aromatic N) is 3. The Bertz CT molecular complexity index is 1190. The maximum Gasteiger partial charge on any atom is 0.291 e. The Hall–Kier alpha value is -2.33. The molecule has 0 bridgehead atoms. The van der Waals surface area contributed by atoms with Gasteiger partial charge in [-0.05, 0) is 31.9 Å². The molecule has 164 valence electrons. The van der Waals surface area contributed by atoms with Gasteiger partial charge in [-0.25, -0.2) is 4.98 Å². The van der Waals surface area contributed by atoms with Gasteiger partial charge in [-0.1, -0.05) is 29.3 Å². The van der Waals surface area contributed by atoms with E-state index in [0.29, 0.717) is 58.2 Å². The van der Waals surface area contributed by atoms with Gasteiger partial charge in [-0.15, -0.1) is 0 Å². The molecule has 0 amide bonds. The van der Waals surface area contributed by atoms with E-state index >= 15 is 0 Å². The molecule has 2 saturated heterocycles. The average Bonchev–Trinajstić information content (AvgIpc) is 3.27. The molecule has 9 nitrogen and oxygen atoms in total.